The zero-order valence-corrected chi connectivity index (χ0v) is 15.5. The number of halogens is 1. The van der Waals surface area contributed by atoms with Gasteiger partial charge in [0.15, 0.2) is 5.16 Å². The fourth-order valence-corrected chi connectivity index (χ4v) is 3.86. The van der Waals surface area contributed by atoms with Crippen LogP contribution in [-0.2, 0) is 5.75 Å². The van der Waals surface area contributed by atoms with Gasteiger partial charge in [0, 0.05) is 17.5 Å². The van der Waals surface area contributed by atoms with Gasteiger partial charge < -0.3 is 0 Å². The third-order valence-electron chi connectivity index (χ3n) is 3.97. The lowest BCUT2D eigenvalue weighted by atomic mass is 10.1. The Kier molecular flexibility index (Phi) is 5.04. The molecule has 0 saturated carbocycles. The van der Waals surface area contributed by atoms with Gasteiger partial charge in [0.05, 0.1) is 28.3 Å². The van der Waals surface area contributed by atoms with E-state index in [4.69, 9.17) is 11.6 Å². The van der Waals surface area contributed by atoms with Crippen LogP contribution in [0.25, 0.3) is 16.9 Å². The molecule has 2 heterocycles. The highest BCUT2D eigenvalue weighted by Crippen LogP contribution is 2.33. The molecule has 0 bridgehead atoms. The molecule has 0 fully saturated rings. The topological polar surface area (TPSA) is 30.7 Å². The molecule has 3 nitrogen and oxygen atoms in total. The van der Waals surface area contributed by atoms with Gasteiger partial charge in [-0.15, -0.1) is 0 Å². The first-order chi connectivity index (χ1) is 12.8. The van der Waals surface area contributed by atoms with Crippen LogP contribution < -0.4 is 0 Å². The molecule has 0 atom stereocenters. The molecule has 26 heavy (non-hydrogen) atoms. The number of rotatable bonds is 5. The van der Waals surface area contributed by atoms with E-state index in [2.05, 4.69) is 26.7 Å². The van der Waals surface area contributed by atoms with Gasteiger partial charge in [0.25, 0.3) is 0 Å². The van der Waals surface area contributed by atoms with Crippen molar-refractivity contribution in [2.45, 2.75) is 10.9 Å². The van der Waals surface area contributed by atoms with Crippen LogP contribution in [0.1, 0.15) is 5.69 Å². The summed E-state index contributed by atoms with van der Waals surface area (Å²) in [5.41, 5.74) is 4.06. The number of thioether (sulfide) groups is 1. The Balaban J connectivity index is 1.77. The zero-order chi connectivity index (χ0) is 17.8. The summed E-state index contributed by atoms with van der Waals surface area (Å²) >= 11 is 8.14. The van der Waals surface area contributed by atoms with Crippen molar-refractivity contribution >= 4 is 23.4 Å². The van der Waals surface area contributed by atoms with E-state index in [1.54, 1.807) is 11.8 Å². The molecule has 2 aromatic heterocycles. The highest BCUT2D eigenvalue weighted by Gasteiger charge is 2.16. The van der Waals surface area contributed by atoms with Crippen LogP contribution in [-0.4, -0.2) is 14.5 Å². The quantitative estimate of drug-likeness (QED) is 0.407. The minimum absolute atomic E-state index is 0.697. The molecule has 0 aliphatic rings. The van der Waals surface area contributed by atoms with Crippen molar-refractivity contribution in [2.75, 3.05) is 0 Å². The Hall–Kier alpha value is -2.56. The number of nitrogens with zero attached hydrogens (tertiary/aromatic N) is 3. The summed E-state index contributed by atoms with van der Waals surface area (Å²) in [4.78, 5) is 9.06. The molecule has 4 aromatic rings. The summed E-state index contributed by atoms with van der Waals surface area (Å²) in [6, 6.07) is 24.0. The lowest BCUT2D eigenvalue weighted by Gasteiger charge is -2.13. The monoisotopic (exact) mass is 377 g/mol. The van der Waals surface area contributed by atoms with Crippen LogP contribution in [0.4, 0.5) is 0 Å². The fourth-order valence-electron chi connectivity index (χ4n) is 2.74. The van der Waals surface area contributed by atoms with Gasteiger partial charge in [-0.25, -0.2) is 4.98 Å². The fraction of sp³-hybridized carbons (Fsp3) is 0.0476. The number of hydrogen-bond donors (Lipinski definition) is 0. The van der Waals surface area contributed by atoms with Gasteiger partial charge in [-0.1, -0.05) is 71.9 Å². The van der Waals surface area contributed by atoms with Crippen molar-refractivity contribution in [3.63, 3.8) is 0 Å². The molecule has 4 rings (SSSR count). The third-order valence-corrected chi connectivity index (χ3v) is 5.27. The molecule has 0 spiro atoms. The molecular weight excluding hydrogens is 362 g/mol. The Labute approximate surface area is 161 Å². The molecule has 128 valence electrons. The first-order valence-electron chi connectivity index (χ1n) is 8.24. The van der Waals surface area contributed by atoms with Gasteiger partial charge >= 0.3 is 0 Å². The molecule has 5 heteroatoms. The Morgan fingerprint density at radius 3 is 2.38 bits per heavy atom. The summed E-state index contributed by atoms with van der Waals surface area (Å²) in [6.45, 7) is 0. The maximum absolute atomic E-state index is 6.49. The molecule has 0 unspecified atom stereocenters. The number of imidazole rings is 1. The lowest BCUT2D eigenvalue weighted by Crippen LogP contribution is -2.00. The Morgan fingerprint density at radius 2 is 1.62 bits per heavy atom. The minimum Gasteiger partial charge on any atom is -0.286 e. The summed E-state index contributed by atoms with van der Waals surface area (Å²) in [6.07, 6.45) is 3.71. The number of aromatic nitrogens is 3. The molecule has 0 amide bonds. The minimum atomic E-state index is 0.697. The predicted molar refractivity (Wildman–Crippen MR) is 108 cm³/mol. The highest BCUT2D eigenvalue weighted by molar-refractivity contribution is 7.98. The Morgan fingerprint density at radius 1 is 0.846 bits per heavy atom. The second-order valence-electron chi connectivity index (χ2n) is 5.69. The van der Waals surface area contributed by atoms with E-state index in [1.165, 1.54) is 0 Å². The van der Waals surface area contributed by atoms with Gasteiger partial charge in [-0.05, 0) is 24.3 Å². The number of para-hydroxylation sites is 1. The van der Waals surface area contributed by atoms with E-state index in [0.717, 1.165) is 33.5 Å². The average Bonchev–Trinajstić information content (AvgIpc) is 3.12. The highest BCUT2D eigenvalue weighted by atomic mass is 35.5. The van der Waals surface area contributed by atoms with Crippen LogP contribution >= 0.6 is 23.4 Å². The van der Waals surface area contributed by atoms with E-state index in [1.807, 2.05) is 73.1 Å². The standard InChI is InChI=1S/C21H16ClN3S/c22-18-11-4-5-12-19(18)25-20(16-8-2-1-3-9-16)14-24-21(25)26-15-17-10-6-7-13-23-17/h1-14H,15H2. The van der Waals surface area contributed by atoms with E-state index < -0.39 is 0 Å². The molecular formula is C21H16ClN3S. The van der Waals surface area contributed by atoms with Crippen molar-refractivity contribution < 1.29 is 0 Å². The van der Waals surface area contributed by atoms with E-state index in [0.29, 0.717) is 5.02 Å². The SMILES string of the molecule is Clc1ccccc1-n1c(-c2ccccc2)cnc1SCc1ccccn1. The predicted octanol–water partition coefficient (Wildman–Crippen LogP) is 5.88. The number of benzene rings is 2. The maximum Gasteiger partial charge on any atom is 0.173 e. The van der Waals surface area contributed by atoms with Crippen LogP contribution in [0.15, 0.2) is 90.3 Å². The molecule has 0 aliphatic heterocycles. The van der Waals surface area contributed by atoms with Crippen molar-refractivity contribution in [3.05, 3.63) is 95.9 Å². The normalized spacial score (nSPS) is 10.8. The summed E-state index contributed by atoms with van der Waals surface area (Å²) < 4.78 is 2.12. The average molecular weight is 378 g/mol. The Bertz CT molecular complexity index is 1000. The van der Waals surface area contributed by atoms with E-state index in [9.17, 15) is 0 Å². The van der Waals surface area contributed by atoms with Crippen molar-refractivity contribution in [1.82, 2.24) is 14.5 Å². The van der Waals surface area contributed by atoms with Crippen molar-refractivity contribution in [1.29, 1.82) is 0 Å². The summed E-state index contributed by atoms with van der Waals surface area (Å²) in [5.74, 6) is 0.747. The van der Waals surface area contributed by atoms with Crippen LogP contribution in [0.3, 0.4) is 0 Å². The van der Waals surface area contributed by atoms with Gasteiger partial charge in [-0.2, -0.15) is 0 Å². The zero-order valence-electron chi connectivity index (χ0n) is 13.9. The molecule has 0 saturated heterocycles. The summed E-state index contributed by atoms with van der Waals surface area (Å²) in [7, 11) is 0. The molecule has 0 N–H and O–H groups in total. The van der Waals surface area contributed by atoms with Gasteiger partial charge in [-0.3, -0.25) is 9.55 Å². The number of pyridine rings is 1. The largest absolute Gasteiger partial charge is 0.286 e. The number of hydrogen-bond acceptors (Lipinski definition) is 3. The van der Waals surface area contributed by atoms with Gasteiger partial charge in [0.2, 0.25) is 0 Å². The van der Waals surface area contributed by atoms with Crippen molar-refractivity contribution in [3.8, 4) is 16.9 Å². The van der Waals surface area contributed by atoms with Crippen LogP contribution in [0.5, 0.6) is 0 Å². The van der Waals surface area contributed by atoms with Crippen LogP contribution in [0.2, 0.25) is 5.02 Å². The van der Waals surface area contributed by atoms with Gasteiger partial charge in [0.1, 0.15) is 0 Å². The second kappa shape index (κ2) is 7.77. The van der Waals surface area contributed by atoms with E-state index in [-0.39, 0.29) is 0 Å². The summed E-state index contributed by atoms with van der Waals surface area (Å²) in [5, 5.41) is 1.59. The first-order valence-corrected chi connectivity index (χ1v) is 9.60. The molecule has 0 radical (unpaired) electrons. The maximum atomic E-state index is 6.49. The molecule has 2 aromatic carbocycles. The third kappa shape index (κ3) is 3.52. The van der Waals surface area contributed by atoms with Crippen molar-refractivity contribution in [2.24, 2.45) is 0 Å². The lowest BCUT2D eigenvalue weighted by molar-refractivity contribution is 0.899. The molecule has 0 aliphatic carbocycles. The smallest absolute Gasteiger partial charge is 0.173 e. The second-order valence-corrected chi connectivity index (χ2v) is 7.04. The first kappa shape index (κ1) is 16.9. The van der Waals surface area contributed by atoms with E-state index >= 15 is 0 Å². The van der Waals surface area contributed by atoms with Crippen LogP contribution in [0, 0.1) is 0 Å².